The molecule has 0 aliphatic heterocycles. The standard InChI is InChI=1S/C13H20N2O4S2/c1-11-7-9-13(10-8-11)20(16,17)21(18,19)15-14-12-5-3-2-4-6-12/h7-10,12,14-15H,2-6H2,1H3. The second kappa shape index (κ2) is 6.43. The van der Waals surface area contributed by atoms with E-state index >= 15 is 0 Å². The number of hydrazine groups is 1. The second-order valence-electron chi connectivity index (χ2n) is 5.30. The Morgan fingerprint density at radius 3 is 2.10 bits per heavy atom. The van der Waals surface area contributed by atoms with Crippen molar-refractivity contribution in [3.63, 3.8) is 0 Å². The third-order valence-electron chi connectivity index (χ3n) is 3.59. The number of benzene rings is 1. The van der Waals surface area contributed by atoms with Crippen LogP contribution in [0.1, 0.15) is 37.7 Å². The van der Waals surface area contributed by atoms with Crippen molar-refractivity contribution in [1.29, 1.82) is 0 Å². The van der Waals surface area contributed by atoms with Gasteiger partial charge in [0.2, 0.25) is 0 Å². The zero-order valence-electron chi connectivity index (χ0n) is 11.9. The first-order valence-electron chi connectivity index (χ1n) is 6.92. The van der Waals surface area contributed by atoms with E-state index in [0.717, 1.165) is 37.7 Å². The van der Waals surface area contributed by atoms with Crippen LogP contribution in [0, 0.1) is 6.92 Å². The Balaban J connectivity index is 2.11. The zero-order chi connectivity index (χ0) is 15.5. The topological polar surface area (TPSA) is 92.3 Å². The maximum Gasteiger partial charge on any atom is 0.334 e. The molecule has 0 saturated heterocycles. The van der Waals surface area contributed by atoms with Crippen LogP contribution < -0.4 is 10.3 Å². The highest BCUT2D eigenvalue weighted by atomic mass is 33.2. The van der Waals surface area contributed by atoms with Gasteiger partial charge < -0.3 is 0 Å². The first-order valence-corrected chi connectivity index (χ1v) is 10.4. The van der Waals surface area contributed by atoms with E-state index in [1.807, 2.05) is 4.83 Å². The van der Waals surface area contributed by atoms with E-state index in [1.165, 1.54) is 12.1 Å². The van der Waals surface area contributed by atoms with Crippen molar-refractivity contribution in [2.24, 2.45) is 0 Å². The maximum atomic E-state index is 12.1. The van der Waals surface area contributed by atoms with Crippen LogP contribution >= 0.6 is 0 Å². The van der Waals surface area contributed by atoms with Gasteiger partial charge in [-0.25, -0.2) is 13.8 Å². The molecule has 1 aromatic carbocycles. The third kappa shape index (κ3) is 3.82. The minimum atomic E-state index is -4.51. The number of nitrogens with one attached hydrogen (secondary N) is 2. The molecule has 1 aliphatic carbocycles. The molecule has 8 heteroatoms. The quantitative estimate of drug-likeness (QED) is 0.629. The Kier molecular flexibility index (Phi) is 5.03. The van der Waals surface area contributed by atoms with Crippen molar-refractivity contribution in [3.05, 3.63) is 29.8 Å². The molecule has 1 aliphatic rings. The van der Waals surface area contributed by atoms with Gasteiger partial charge in [-0.3, -0.25) is 0 Å². The van der Waals surface area contributed by atoms with E-state index in [2.05, 4.69) is 5.43 Å². The number of hydrogen-bond acceptors (Lipinski definition) is 5. The predicted molar refractivity (Wildman–Crippen MR) is 80.4 cm³/mol. The summed E-state index contributed by atoms with van der Waals surface area (Å²) < 4.78 is 48.3. The Morgan fingerprint density at radius 1 is 0.952 bits per heavy atom. The summed E-state index contributed by atoms with van der Waals surface area (Å²) in [4.78, 5) is 1.79. The highest BCUT2D eigenvalue weighted by molar-refractivity contribution is 8.66. The summed E-state index contributed by atoms with van der Waals surface area (Å²) in [6.45, 7) is 1.80. The molecule has 118 valence electrons. The molecule has 0 unspecified atom stereocenters. The van der Waals surface area contributed by atoms with Crippen molar-refractivity contribution in [1.82, 2.24) is 10.3 Å². The maximum absolute atomic E-state index is 12.1. The summed E-state index contributed by atoms with van der Waals surface area (Å²) in [5.41, 5.74) is 3.49. The molecule has 0 bridgehead atoms. The lowest BCUT2D eigenvalue weighted by Crippen LogP contribution is -2.47. The first kappa shape index (κ1) is 16.4. The van der Waals surface area contributed by atoms with Crippen LogP contribution in [0.2, 0.25) is 0 Å². The predicted octanol–water partition coefficient (Wildman–Crippen LogP) is 1.44. The molecule has 0 spiro atoms. The van der Waals surface area contributed by atoms with E-state index in [4.69, 9.17) is 0 Å². The minimum Gasteiger partial charge on any atom is -0.240 e. The molecule has 0 radical (unpaired) electrons. The fourth-order valence-electron chi connectivity index (χ4n) is 2.29. The molecule has 2 rings (SSSR count). The van der Waals surface area contributed by atoms with Gasteiger partial charge in [0.1, 0.15) is 0 Å². The largest absolute Gasteiger partial charge is 0.334 e. The molecule has 0 atom stereocenters. The molecule has 1 aromatic rings. The van der Waals surface area contributed by atoms with Crippen LogP contribution in [0.3, 0.4) is 0 Å². The Morgan fingerprint density at radius 2 is 1.52 bits per heavy atom. The van der Waals surface area contributed by atoms with Crippen molar-refractivity contribution >= 4 is 17.9 Å². The Bertz CT molecular complexity index is 675. The molecule has 0 heterocycles. The lowest BCUT2D eigenvalue weighted by Gasteiger charge is -2.22. The molecule has 1 saturated carbocycles. The molecule has 6 nitrogen and oxygen atoms in total. The molecular formula is C13H20N2O4S2. The summed E-state index contributed by atoms with van der Waals surface area (Å²) in [5.74, 6) is 0. The van der Waals surface area contributed by atoms with Crippen LogP contribution in [0.5, 0.6) is 0 Å². The van der Waals surface area contributed by atoms with Gasteiger partial charge in [0, 0.05) is 6.04 Å². The molecule has 2 N–H and O–H groups in total. The van der Waals surface area contributed by atoms with Crippen molar-refractivity contribution in [3.8, 4) is 0 Å². The summed E-state index contributed by atoms with van der Waals surface area (Å²) in [6.07, 6.45) is 4.85. The van der Waals surface area contributed by atoms with E-state index in [1.54, 1.807) is 19.1 Å². The van der Waals surface area contributed by atoms with Gasteiger partial charge in [-0.05, 0) is 31.9 Å². The second-order valence-corrected chi connectivity index (χ2v) is 10.4. The fraction of sp³-hybridized carbons (Fsp3) is 0.538. The summed E-state index contributed by atoms with van der Waals surface area (Å²) in [6, 6.07) is 5.71. The smallest absolute Gasteiger partial charge is 0.240 e. The van der Waals surface area contributed by atoms with Gasteiger partial charge in [0.25, 0.3) is 8.87 Å². The number of hydrogen-bond donors (Lipinski definition) is 2. The van der Waals surface area contributed by atoms with E-state index in [-0.39, 0.29) is 10.9 Å². The summed E-state index contributed by atoms with van der Waals surface area (Å²) in [5, 5.41) is 0. The third-order valence-corrected chi connectivity index (χ3v) is 7.95. The fourth-order valence-corrected chi connectivity index (χ4v) is 5.00. The summed E-state index contributed by atoms with van der Waals surface area (Å²) in [7, 11) is -8.97. The van der Waals surface area contributed by atoms with Crippen LogP contribution in [0.25, 0.3) is 0 Å². The monoisotopic (exact) mass is 332 g/mol. The molecule has 0 aromatic heterocycles. The normalized spacial score (nSPS) is 17.8. The molecule has 1 fully saturated rings. The highest BCUT2D eigenvalue weighted by Gasteiger charge is 2.32. The highest BCUT2D eigenvalue weighted by Crippen LogP contribution is 2.19. The van der Waals surface area contributed by atoms with Crippen LogP contribution in [-0.4, -0.2) is 22.9 Å². The van der Waals surface area contributed by atoms with E-state index in [9.17, 15) is 16.8 Å². The van der Waals surface area contributed by atoms with Gasteiger partial charge >= 0.3 is 9.06 Å². The van der Waals surface area contributed by atoms with Crippen molar-refractivity contribution < 1.29 is 16.8 Å². The summed E-state index contributed by atoms with van der Waals surface area (Å²) >= 11 is 0. The zero-order valence-corrected chi connectivity index (χ0v) is 13.5. The van der Waals surface area contributed by atoms with Crippen molar-refractivity contribution in [2.75, 3.05) is 0 Å². The Labute approximate surface area is 125 Å². The number of aryl methyl sites for hydroxylation is 1. The average Bonchev–Trinajstić information content (AvgIpc) is 2.46. The van der Waals surface area contributed by atoms with Crippen LogP contribution in [0.4, 0.5) is 0 Å². The van der Waals surface area contributed by atoms with Gasteiger partial charge in [0.05, 0.1) is 4.90 Å². The van der Waals surface area contributed by atoms with Crippen molar-refractivity contribution in [2.45, 2.75) is 50.0 Å². The lowest BCUT2D eigenvalue weighted by molar-refractivity contribution is 0.362. The Hall–Kier alpha value is -0.960. The van der Waals surface area contributed by atoms with Gasteiger partial charge in [-0.1, -0.05) is 37.0 Å². The van der Waals surface area contributed by atoms with E-state index in [0.29, 0.717) is 0 Å². The van der Waals surface area contributed by atoms with Gasteiger partial charge in [-0.2, -0.15) is 8.42 Å². The van der Waals surface area contributed by atoms with Crippen LogP contribution in [-0.2, 0) is 17.9 Å². The first-order chi connectivity index (χ1) is 9.83. The average molecular weight is 332 g/mol. The number of rotatable bonds is 5. The van der Waals surface area contributed by atoms with Crippen LogP contribution in [0.15, 0.2) is 29.2 Å². The van der Waals surface area contributed by atoms with Gasteiger partial charge in [-0.15, -0.1) is 4.83 Å². The molecule has 0 amide bonds. The van der Waals surface area contributed by atoms with E-state index < -0.39 is 17.9 Å². The minimum absolute atomic E-state index is 0.0123. The lowest BCUT2D eigenvalue weighted by atomic mass is 9.96. The molecular weight excluding hydrogens is 312 g/mol. The molecule has 21 heavy (non-hydrogen) atoms. The van der Waals surface area contributed by atoms with Gasteiger partial charge in [0.15, 0.2) is 0 Å². The SMILES string of the molecule is Cc1ccc(S(=O)(=O)S(=O)(=O)NNC2CCCCC2)cc1.